The molecule has 2 amide bonds. The van der Waals surface area contributed by atoms with Crippen LogP contribution in [0.15, 0.2) is 30.3 Å². The molecule has 1 aromatic rings. The van der Waals surface area contributed by atoms with Crippen molar-refractivity contribution in [2.75, 3.05) is 0 Å². The van der Waals surface area contributed by atoms with Crippen LogP contribution in [0.25, 0.3) is 0 Å². The highest BCUT2D eigenvalue weighted by atomic mass is 16.6. The van der Waals surface area contributed by atoms with E-state index in [-0.39, 0.29) is 24.2 Å². The molecule has 1 aliphatic heterocycles. The average molecular weight is 331 g/mol. The second-order valence-corrected chi connectivity index (χ2v) is 6.88. The molecule has 0 bridgehead atoms. The zero-order valence-corrected chi connectivity index (χ0v) is 14.7. The topological polar surface area (TPSA) is 63.7 Å². The Balaban J connectivity index is 2.05. The monoisotopic (exact) mass is 331 g/mol. The summed E-state index contributed by atoms with van der Waals surface area (Å²) < 4.78 is 5.39. The number of amides is 2. The van der Waals surface area contributed by atoms with Crippen molar-refractivity contribution in [1.29, 1.82) is 0 Å². The fourth-order valence-electron chi connectivity index (χ4n) is 3.04. The minimum atomic E-state index is -0.610. The summed E-state index contributed by atoms with van der Waals surface area (Å²) in [5.74, 6) is -0.169. The fraction of sp³-hybridized carbons (Fsp3) is 0.526. The van der Waals surface area contributed by atoms with Gasteiger partial charge in [-0.1, -0.05) is 51.1 Å². The standard InChI is InChI=1S/C19H25NO4/c1-5-15(21)19(3,4)12-11-16(22)20-13(2)17(24-18(20)23)14-9-7-6-8-10-14/h6-10,13,17H,5,11-12H2,1-4H3. The van der Waals surface area contributed by atoms with Gasteiger partial charge in [0.2, 0.25) is 5.91 Å². The van der Waals surface area contributed by atoms with Gasteiger partial charge in [0.1, 0.15) is 11.9 Å². The molecule has 0 aliphatic carbocycles. The van der Waals surface area contributed by atoms with Gasteiger partial charge in [-0.15, -0.1) is 0 Å². The first kappa shape index (κ1) is 18.2. The van der Waals surface area contributed by atoms with Crippen LogP contribution in [0.4, 0.5) is 4.79 Å². The van der Waals surface area contributed by atoms with Crippen molar-refractivity contribution in [1.82, 2.24) is 4.90 Å². The lowest BCUT2D eigenvalue weighted by atomic mass is 9.82. The number of ketones is 1. The van der Waals surface area contributed by atoms with E-state index in [9.17, 15) is 14.4 Å². The Morgan fingerprint density at radius 2 is 1.83 bits per heavy atom. The Morgan fingerprint density at radius 1 is 1.21 bits per heavy atom. The van der Waals surface area contributed by atoms with Gasteiger partial charge in [-0.2, -0.15) is 0 Å². The molecule has 130 valence electrons. The van der Waals surface area contributed by atoms with Crippen LogP contribution in [0.1, 0.15) is 58.6 Å². The lowest BCUT2D eigenvalue weighted by molar-refractivity contribution is -0.131. The lowest BCUT2D eigenvalue weighted by Gasteiger charge is -2.24. The van der Waals surface area contributed by atoms with Gasteiger partial charge in [-0.3, -0.25) is 9.59 Å². The number of imide groups is 1. The second kappa shape index (κ2) is 7.16. The molecule has 5 heteroatoms. The van der Waals surface area contributed by atoms with Crippen LogP contribution in [-0.4, -0.2) is 28.7 Å². The van der Waals surface area contributed by atoms with Crippen LogP contribution < -0.4 is 0 Å². The number of carbonyl (C=O) groups excluding carboxylic acids is 3. The van der Waals surface area contributed by atoms with Gasteiger partial charge in [-0.25, -0.2) is 9.69 Å². The minimum absolute atomic E-state index is 0.120. The molecule has 0 aromatic heterocycles. The van der Waals surface area contributed by atoms with Crippen molar-refractivity contribution in [3.05, 3.63) is 35.9 Å². The molecule has 0 radical (unpaired) electrons. The van der Waals surface area contributed by atoms with E-state index in [1.54, 1.807) is 0 Å². The molecule has 0 N–H and O–H groups in total. The Labute approximate surface area is 143 Å². The van der Waals surface area contributed by atoms with Gasteiger partial charge in [0.25, 0.3) is 0 Å². The third-order valence-corrected chi connectivity index (χ3v) is 4.71. The first-order chi connectivity index (χ1) is 11.3. The number of nitrogens with zero attached hydrogens (tertiary/aromatic N) is 1. The molecule has 2 unspecified atom stereocenters. The van der Waals surface area contributed by atoms with E-state index in [1.165, 1.54) is 4.90 Å². The minimum Gasteiger partial charge on any atom is -0.439 e. The molecule has 24 heavy (non-hydrogen) atoms. The molecule has 1 aliphatic rings. The van der Waals surface area contributed by atoms with Crippen molar-refractivity contribution in [3.63, 3.8) is 0 Å². The van der Waals surface area contributed by atoms with Gasteiger partial charge >= 0.3 is 6.09 Å². The highest BCUT2D eigenvalue weighted by Gasteiger charge is 2.43. The SMILES string of the molecule is CCC(=O)C(C)(C)CCC(=O)N1C(=O)OC(c2ccccc2)C1C. The number of ether oxygens (including phenoxy) is 1. The van der Waals surface area contributed by atoms with E-state index < -0.39 is 17.6 Å². The third-order valence-electron chi connectivity index (χ3n) is 4.71. The van der Waals surface area contributed by atoms with Crippen LogP contribution in [0, 0.1) is 5.41 Å². The maximum absolute atomic E-state index is 12.5. The van der Waals surface area contributed by atoms with Crippen molar-refractivity contribution >= 4 is 17.8 Å². The van der Waals surface area contributed by atoms with Crippen LogP contribution in [0.3, 0.4) is 0 Å². The summed E-state index contributed by atoms with van der Waals surface area (Å²) in [6, 6.07) is 9.04. The maximum atomic E-state index is 12.5. The first-order valence-electron chi connectivity index (χ1n) is 8.39. The zero-order chi connectivity index (χ0) is 17.9. The molecule has 1 saturated heterocycles. The number of rotatable bonds is 6. The summed E-state index contributed by atoms with van der Waals surface area (Å²) in [5.41, 5.74) is 0.311. The van der Waals surface area contributed by atoms with Crippen molar-refractivity contribution in [3.8, 4) is 0 Å². The quantitative estimate of drug-likeness (QED) is 0.793. The summed E-state index contributed by atoms with van der Waals surface area (Å²) >= 11 is 0. The summed E-state index contributed by atoms with van der Waals surface area (Å²) in [7, 11) is 0. The lowest BCUT2D eigenvalue weighted by Crippen LogP contribution is -2.38. The number of benzene rings is 1. The maximum Gasteiger partial charge on any atom is 0.417 e. The average Bonchev–Trinajstić information content (AvgIpc) is 2.87. The zero-order valence-electron chi connectivity index (χ0n) is 14.7. The Morgan fingerprint density at radius 3 is 2.42 bits per heavy atom. The van der Waals surface area contributed by atoms with E-state index in [0.717, 1.165) is 5.56 Å². The van der Waals surface area contributed by atoms with Crippen molar-refractivity contribution in [2.45, 2.75) is 59.1 Å². The highest BCUT2D eigenvalue weighted by molar-refractivity contribution is 5.94. The van der Waals surface area contributed by atoms with E-state index in [1.807, 2.05) is 58.0 Å². The highest BCUT2D eigenvalue weighted by Crippen LogP contribution is 2.33. The van der Waals surface area contributed by atoms with Crippen LogP contribution >= 0.6 is 0 Å². The van der Waals surface area contributed by atoms with E-state index in [2.05, 4.69) is 0 Å². The van der Waals surface area contributed by atoms with Gasteiger partial charge in [0, 0.05) is 18.3 Å². The van der Waals surface area contributed by atoms with Gasteiger partial charge in [0.15, 0.2) is 0 Å². The molecular weight excluding hydrogens is 306 g/mol. The predicted molar refractivity (Wildman–Crippen MR) is 90.3 cm³/mol. The van der Waals surface area contributed by atoms with Crippen LogP contribution in [-0.2, 0) is 14.3 Å². The van der Waals surface area contributed by atoms with Gasteiger partial charge in [-0.05, 0) is 18.9 Å². The molecule has 1 aromatic carbocycles. The largest absolute Gasteiger partial charge is 0.439 e. The Hall–Kier alpha value is -2.17. The molecule has 0 saturated carbocycles. The van der Waals surface area contributed by atoms with Gasteiger partial charge < -0.3 is 4.74 Å². The van der Waals surface area contributed by atoms with Crippen molar-refractivity contribution in [2.24, 2.45) is 5.41 Å². The van der Waals surface area contributed by atoms with Crippen LogP contribution in [0.2, 0.25) is 0 Å². The first-order valence-corrected chi connectivity index (χ1v) is 8.39. The Bertz CT molecular complexity index is 624. The molecule has 1 heterocycles. The Kier molecular flexibility index (Phi) is 5.42. The third kappa shape index (κ3) is 3.66. The predicted octanol–water partition coefficient (Wildman–Crippen LogP) is 3.88. The second-order valence-electron chi connectivity index (χ2n) is 6.88. The van der Waals surface area contributed by atoms with E-state index >= 15 is 0 Å². The molecule has 0 spiro atoms. The summed E-state index contributed by atoms with van der Waals surface area (Å²) in [6.45, 7) is 7.30. The molecule has 5 nitrogen and oxygen atoms in total. The fourth-order valence-corrected chi connectivity index (χ4v) is 3.04. The molecular formula is C19H25NO4. The van der Waals surface area contributed by atoms with Crippen LogP contribution in [0.5, 0.6) is 0 Å². The number of cyclic esters (lactones) is 1. The molecule has 1 fully saturated rings. The normalized spacial score (nSPS) is 20.8. The summed E-state index contributed by atoms with van der Waals surface area (Å²) in [6.07, 6.45) is -0.0432. The van der Waals surface area contributed by atoms with Crippen molar-refractivity contribution < 1.29 is 19.1 Å². The number of hydrogen-bond donors (Lipinski definition) is 0. The van der Waals surface area contributed by atoms with Gasteiger partial charge in [0.05, 0.1) is 6.04 Å². The number of Topliss-reactive ketones (excluding diaryl/α,β-unsaturated/α-hetero) is 1. The smallest absolute Gasteiger partial charge is 0.417 e. The summed E-state index contributed by atoms with van der Waals surface area (Å²) in [5, 5.41) is 0. The summed E-state index contributed by atoms with van der Waals surface area (Å²) in [4.78, 5) is 37.8. The number of hydrogen-bond acceptors (Lipinski definition) is 4. The molecule has 2 atom stereocenters. The van der Waals surface area contributed by atoms with E-state index in [0.29, 0.717) is 12.8 Å². The van der Waals surface area contributed by atoms with E-state index in [4.69, 9.17) is 4.74 Å². The number of carbonyl (C=O) groups is 3. The molecule has 2 rings (SSSR count).